The number of hydrogen-bond acceptors (Lipinski definition) is 2. The molecule has 0 bridgehead atoms. The second kappa shape index (κ2) is 4.96. The van der Waals surface area contributed by atoms with Gasteiger partial charge in [-0.1, -0.05) is 35.3 Å². The maximum Gasteiger partial charge on any atom is 0.337 e. The molecule has 5 heteroatoms. The summed E-state index contributed by atoms with van der Waals surface area (Å²) in [6.45, 7) is 1.78. The summed E-state index contributed by atoms with van der Waals surface area (Å²) < 4.78 is 0. The van der Waals surface area contributed by atoms with Crippen molar-refractivity contribution in [2.24, 2.45) is 0 Å². The van der Waals surface area contributed by atoms with Crippen molar-refractivity contribution in [1.29, 1.82) is 0 Å². The first kappa shape index (κ1) is 12.9. The van der Waals surface area contributed by atoms with E-state index in [2.05, 4.69) is 4.98 Å². The molecule has 2 rings (SSSR count). The zero-order valence-electron chi connectivity index (χ0n) is 9.45. The Labute approximate surface area is 114 Å². The maximum atomic E-state index is 11.2. The van der Waals surface area contributed by atoms with Crippen molar-refractivity contribution in [2.45, 2.75) is 6.92 Å². The molecule has 3 nitrogen and oxygen atoms in total. The Morgan fingerprint density at radius 2 is 2.06 bits per heavy atom. The monoisotopic (exact) mass is 281 g/mol. The first-order chi connectivity index (χ1) is 8.50. The van der Waals surface area contributed by atoms with Gasteiger partial charge in [-0.25, -0.2) is 4.79 Å². The van der Waals surface area contributed by atoms with Crippen LogP contribution in [0.15, 0.2) is 30.5 Å². The quantitative estimate of drug-likeness (QED) is 0.903. The summed E-state index contributed by atoms with van der Waals surface area (Å²) in [7, 11) is 0. The molecule has 1 N–H and O–H groups in total. The van der Waals surface area contributed by atoms with E-state index < -0.39 is 5.97 Å². The molecule has 0 amide bonds. The van der Waals surface area contributed by atoms with Crippen LogP contribution < -0.4 is 0 Å². The van der Waals surface area contributed by atoms with E-state index in [-0.39, 0.29) is 5.56 Å². The first-order valence-corrected chi connectivity index (χ1v) is 5.90. The molecule has 0 radical (unpaired) electrons. The SMILES string of the molecule is Cc1cnc(-c2cccc(Cl)c2Cl)c(C(=O)O)c1. The van der Waals surface area contributed by atoms with Gasteiger partial charge in [0.15, 0.2) is 0 Å². The standard InChI is InChI=1S/C13H9Cl2NO2/c1-7-5-9(13(17)18)12(16-6-7)8-3-2-4-10(14)11(8)15/h2-6H,1H3,(H,17,18). The normalized spacial score (nSPS) is 10.4. The van der Waals surface area contributed by atoms with Crippen LogP contribution in [0.4, 0.5) is 0 Å². The molecule has 92 valence electrons. The molecular formula is C13H9Cl2NO2. The zero-order valence-corrected chi connectivity index (χ0v) is 11.0. The number of nitrogens with zero attached hydrogens (tertiary/aromatic N) is 1. The van der Waals surface area contributed by atoms with E-state index in [1.165, 1.54) is 0 Å². The number of halogens is 2. The van der Waals surface area contributed by atoms with Crippen molar-refractivity contribution in [2.75, 3.05) is 0 Å². The van der Waals surface area contributed by atoms with Crippen molar-refractivity contribution < 1.29 is 9.90 Å². The van der Waals surface area contributed by atoms with E-state index in [0.717, 1.165) is 5.56 Å². The molecule has 0 fully saturated rings. The van der Waals surface area contributed by atoms with Crippen LogP contribution in [0, 0.1) is 6.92 Å². The molecule has 1 aromatic heterocycles. The Balaban J connectivity index is 2.71. The second-order valence-corrected chi connectivity index (χ2v) is 4.60. The van der Waals surface area contributed by atoms with Gasteiger partial charge in [0.05, 0.1) is 21.3 Å². The minimum atomic E-state index is -1.04. The summed E-state index contributed by atoms with van der Waals surface area (Å²) in [4.78, 5) is 15.4. The summed E-state index contributed by atoms with van der Waals surface area (Å²) in [6, 6.07) is 6.60. The lowest BCUT2D eigenvalue weighted by molar-refractivity contribution is 0.0697. The minimum absolute atomic E-state index is 0.110. The Hall–Kier alpha value is -1.58. The van der Waals surface area contributed by atoms with Gasteiger partial charge in [0.25, 0.3) is 0 Å². The van der Waals surface area contributed by atoms with E-state index in [1.807, 2.05) is 0 Å². The minimum Gasteiger partial charge on any atom is -0.478 e. The number of aryl methyl sites for hydroxylation is 1. The number of aromatic nitrogens is 1. The highest BCUT2D eigenvalue weighted by Gasteiger charge is 2.16. The van der Waals surface area contributed by atoms with Crippen LogP contribution >= 0.6 is 23.2 Å². The Morgan fingerprint density at radius 3 is 2.72 bits per heavy atom. The van der Waals surface area contributed by atoms with Crippen LogP contribution in [0.1, 0.15) is 15.9 Å². The molecule has 0 spiro atoms. The fourth-order valence-corrected chi connectivity index (χ4v) is 2.02. The van der Waals surface area contributed by atoms with Gasteiger partial charge in [0.1, 0.15) is 0 Å². The summed E-state index contributed by atoms with van der Waals surface area (Å²) in [6.07, 6.45) is 1.60. The zero-order chi connectivity index (χ0) is 13.3. The molecule has 0 aliphatic heterocycles. The van der Waals surface area contributed by atoms with E-state index in [0.29, 0.717) is 21.3 Å². The Bertz CT molecular complexity index is 626. The molecule has 0 unspecified atom stereocenters. The number of benzene rings is 1. The fourth-order valence-electron chi connectivity index (χ4n) is 1.63. The molecule has 0 aliphatic rings. The maximum absolute atomic E-state index is 11.2. The summed E-state index contributed by atoms with van der Waals surface area (Å²) in [5.74, 6) is -1.04. The number of pyridine rings is 1. The molecule has 18 heavy (non-hydrogen) atoms. The smallest absolute Gasteiger partial charge is 0.337 e. The van der Waals surface area contributed by atoms with Gasteiger partial charge in [-0.2, -0.15) is 0 Å². The Morgan fingerprint density at radius 1 is 1.33 bits per heavy atom. The van der Waals surface area contributed by atoms with Crippen LogP contribution in [0.2, 0.25) is 10.0 Å². The van der Waals surface area contributed by atoms with Gasteiger partial charge in [-0.15, -0.1) is 0 Å². The Kier molecular flexibility index (Phi) is 3.55. The fraction of sp³-hybridized carbons (Fsp3) is 0.0769. The van der Waals surface area contributed by atoms with Crippen LogP contribution in [-0.2, 0) is 0 Å². The molecule has 0 saturated heterocycles. The van der Waals surface area contributed by atoms with Gasteiger partial charge in [0.2, 0.25) is 0 Å². The molecule has 1 aromatic carbocycles. The van der Waals surface area contributed by atoms with Crippen molar-refractivity contribution in [3.05, 3.63) is 51.6 Å². The van der Waals surface area contributed by atoms with Crippen LogP contribution in [0.5, 0.6) is 0 Å². The molecule has 0 saturated carbocycles. The highest BCUT2D eigenvalue weighted by molar-refractivity contribution is 6.43. The van der Waals surface area contributed by atoms with Gasteiger partial charge < -0.3 is 5.11 Å². The van der Waals surface area contributed by atoms with E-state index >= 15 is 0 Å². The lowest BCUT2D eigenvalue weighted by atomic mass is 10.0. The van der Waals surface area contributed by atoms with Crippen LogP contribution in [0.25, 0.3) is 11.3 Å². The first-order valence-electron chi connectivity index (χ1n) is 5.15. The number of carbonyl (C=O) groups is 1. The molecule has 2 aromatic rings. The van der Waals surface area contributed by atoms with E-state index in [1.54, 1.807) is 37.4 Å². The largest absolute Gasteiger partial charge is 0.478 e. The lowest BCUT2D eigenvalue weighted by Crippen LogP contribution is -2.02. The average Bonchev–Trinajstić information content (AvgIpc) is 2.33. The third-order valence-corrected chi connectivity index (χ3v) is 3.28. The summed E-state index contributed by atoms with van der Waals surface area (Å²) in [5.41, 5.74) is 1.72. The van der Waals surface area contributed by atoms with Crippen molar-refractivity contribution in [3.8, 4) is 11.3 Å². The van der Waals surface area contributed by atoms with Gasteiger partial charge in [-0.05, 0) is 24.6 Å². The number of rotatable bonds is 2. The second-order valence-electron chi connectivity index (χ2n) is 3.82. The highest BCUT2D eigenvalue weighted by atomic mass is 35.5. The molecule has 0 aliphatic carbocycles. The van der Waals surface area contributed by atoms with Gasteiger partial charge >= 0.3 is 5.97 Å². The average molecular weight is 282 g/mol. The predicted octanol–water partition coefficient (Wildman–Crippen LogP) is 4.06. The lowest BCUT2D eigenvalue weighted by Gasteiger charge is -2.09. The number of carboxylic acids is 1. The predicted molar refractivity (Wildman–Crippen MR) is 71.4 cm³/mol. The highest BCUT2D eigenvalue weighted by Crippen LogP contribution is 2.34. The number of hydrogen-bond donors (Lipinski definition) is 1. The molecule has 0 atom stereocenters. The van der Waals surface area contributed by atoms with Crippen molar-refractivity contribution in [1.82, 2.24) is 4.98 Å². The van der Waals surface area contributed by atoms with E-state index in [9.17, 15) is 9.90 Å². The third kappa shape index (κ3) is 2.33. The van der Waals surface area contributed by atoms with E-state index in [4.69, 9.17) is 23.2 Å². The van der Waals surface area contributed by atoms with Gasteiger partial charge in [0, 0.05) is 11.8 Å². The van der Waals surface area contributed by atoms with Gasteiger partial charge in [-0.3, -0.25) is 4.98 Å². The summed E-state index contributed by atoms with van der Waals surface area (Å²) >= 11 is 12.0. The third-order valence-electron chi connectivity index (χ3n) is 2.46. The number of carboxylic acid groups (broad SMARTS) is 1. The topological polar surface area (TPSA) is 50.2 Å². The molecular weight excluding hydrogens is 273 g/mol. The van der Waals surface area contributed by atoms with Crippen LogP contribution in [-0.4, -0.2) is 16.1 Å². The number of aromatic carboxylic acids is 1. The van der Waals surface area contributed by atoms with Crippen molar-refractivity contribution >= 4 is 29.2 Å². The molecule has 1 heterocycles. The van der Waals surface area contributed by atoms with Crippen molar-refractivity contribution in [3.63, 3.8) is 0 Å². The van der Waals surface area contributed by atoms with Crippen LogP contribution in [0.3, 0.4) is 0 Å². The summed E-state index contributed by atoms with van der Waals surface area (Å²) in [5, 5.41) is 9.87.